The second-order valence-corrected chi connectivity index (χ2v) is 15.7. The van der Waals surface area contributed by atoms with Crippen LogP contribution in [0.25, 0.3) is 38.6 Å². The molecule has 8 rings (SSSR count). The fourth-order valence-electron chi connectivity index (χ4n) is 7.43. The van der Waals surface area contributed by atoms with Crippen LogP contribution in [-0.2, 0) is 0 Å². The van der Waals surface area contributed by atoms with Gasteiger partial charge in [0.05, 0.1) is 40.0 Å². The number of nitriles is 2. The molecule has 0 unspecified atom stereocenters. The van der Waals surface area contributed by atoms with Gasteiger partial charge in [-0.3, -0.25) is 0 Å². The van der Waals surface area contributed by atoms with E-state index in [4.69, 9.17) is 0 Å². The van der Waals surface area contributed by atoms with Crippen LogP contribution >= 0.6 is 0 Å². The van der Waals surface area contributed by atoms with Gasteiger partial charge in [0.2, 0.25) is 0 Å². The summed E-state index contributed by atoms with van der Waals surface area (Å²) in [6.45, 7) is 0. The van der Waals surface area contributed by atoms with Crippen LogP contribution < -0.4 is 20.7 Å². The smallest absolute Gasteiger partial charge is 0.179 e. The van der Waals surface area contributed by atoms with Crippen molar-refractivity contribution in [2.75, 3.05) is 0 Å². The highest BCUT2D eigenvalue weighted by molar-refractivity contribution is 7.19. The van der Waals surface area contributed by atoms with Crippen molar-refractivity contribution >= 4 is 50.6 Å². The van der Waals surface area contributed by atoms with Crippen molar-refractivity contribution in [2.24, 2.45) is 0 Å². The van der Waals surface area contributed by atoms with Crippen molar-refractivity contribution in [3.8, 4) is 29.0 Å². The van der Waals surface area contributed by atoms with Crippen molar-refractivity contribution < 1.29 is 0 Å². The Kier molecular flexibility index (Phi) is 7.27. The molecule has 0 aliphatic carbocycles. The van der Waals surface area contributed by atoms with Crippen LogP contribution in [0.3, 0.4) is 0 Å². The Hall–Kier alpha value is -6.46. The molecule has 3 nitrogen and oxygen atoms in total. The van der Waals surface area contributed by atoms with Gasteiger partial charge in [0.25, 0.3) is 0 Å². The molecule has 0 radical (unpaired) electrons. The maximum Gasteiger partial charge on any atom is 0.179 e. The Morgan fingerprint density at radius 3 is 1.40 bits per heavy atom. The minimum atomic E-state index is -2.90. The second-order valence-electron chi connectivity index (χ2n) is 11.9. The molecule has 0 aliphatic rings. The molecule has 0 N–H and O–H groups in total. The average molecular weight is 628 g/mol. The number of hydrogen-bond donors (Lipinski definition) is 0. The molecular formula is C44H29N3Si. The van der Waals surface area contributed by atoms with Crippen LogP contribution in [0.5, 0.6) is 0 Å². The number of rotatable bonds is 6. The van der Waals surface area contributed by atoms with Crippen LogP contribution in [0.15, 0.2) is 176 Å². The molecule has 0 amide bonds. The zero-order chi connectivity index (χ0) is 32.5. The molecule has 4 heteroatoms. The second kappa shape index (κ2) is 12.0. The van der Waals surface area contributed by atoms with Crippen molar-refractivity contribution in [2.45, 2.75) is 0 Å². The lowest BCUT2D eigenvalue weighted by Crippen LogP contribution is -2.74. The van der Waals surface area contributed by atoms with E-state index in [-0.39, 0.29) is 0 Å². The number of benzene rings is 7. The number of hydrogen-bond acceptors (Lipinski definition) is 2. The first-order valence-corrected chi connectivity index (χ1v) is 18.0. The number of aromatic nitrogens is 1. The quantitative estimate of drug-likeness (QED) is 0.141. The third-order valence-electron chi connectivity index (χ3n) is 9.45. The van der Waals surface area contributed by atoms with Gasteiger partial charge in [0.1, 0.15) is 0 Å². The van der Waals surface area contributed by atoms with Crippen LogP contribution in [0, 0.1) is 22.7 Å². The summed E-state index contributed by atoms with van der Waals surface area (Å²) in [6, 6.07) is 66.1. The minimum Gasteiger partial charge on any atom is -0.309 e. The Morgan fingerprint density at radius 2 is 0.896 bits per heavy atom. The van der Waals surface area contributed by atoms with E-state index < -0.39 is 8.07 Å². The van der Waals surface area contributed by atoms with E-state index in [2.05, 4.69) is 162 Å². The molecule has 7 aromatic carbocycles. The summed E-state index contributed by atoms with van der Waals surface area (Å²) in [5.74, 6) is 0. The predicted octanol–water partition coefficient (Wildman–Crippen LogP) is 7.57. The lowest BCUT2D eigenvalue weighted by Gasteiger charge is -2.35. The van der Waals surface area contributed by atoms with Gasteiger partial charge >= 0.3 is 0 Å². The number of nitrogens with zero attached hydrogens (tertiary/aromatic N) is 3. The zero-order valence-corrected chi connectivity index (χ0v) is 27.1. The molecule has 0 fully saturated rings. The number of para-hydroxylation sites is 2. The largest absolute Gasteiger partial charge is 0.309 e. The summed E-state index contributed by atoms with van der Waals surface area (Å²) >= 11 is 0. The molecule has 0 atom stereocenters. The van der Waals surface area contributed by atoms with Crippen molar-refractivity contribution in [3.05, 3.63) is 187 Å². The zero-order valence-electron chi connectivity index (χ0n) is 26.1. The lowest BCUT2D eigenvalue weighted by molar-refractivity contribution is 1.18. The van der Waals surface area contributed by atoms with E-state index in [1.165, 1.54) is 15.6 Å². The molecule has 1 aromatic heterocycles. The standard InChI is InChI=1S/C44H29N3Si/c45-30-32-27-28-37(48(34-16-4-1-5-17-34,35-18-6-2-7-19-35)36-20-8-3-9-21-36)29-40(32)44-33(31-46)15-14-26-43(44)47-41-24-12-10-22-38(41)39-23-11-13-25-42(39)47/h1-29H. The molecule has 0 bridgehead atoms. The van der Waals surface area contributed by atoms with Gasteiger partial charge in [-0.1, -0.05) is 146 Å². The SMILES string of the molecule is N#Cc1ccc([Si](c2ccccc2)(c2ccccc2)c2ccccc2)cc1-c1c(C#N)cccc1-n1c2ccccc2c2ccccc21. The normalized spacial score (nSPS) is 11.3. The molecule has 0 aliphatic heterocycles. The van der Waals surface area contributed by atoms with E-state index in [1.807, 2.05) is 30.3 Å². The van der Waals surface area contributed by atoms with Crippen LogP contribution in [-0.4, -0.2) is 12.6 Å². The third kappa shape index (κ3) is 4.48. The van der Waals surface area contributed by atoms with Crippen LogP contribution in [0.1, 0.15) is 11.1 Å². The maximum atomic E-state index is 10.6. The van der Waals surface area contributed by atoms with Gasteiger partial charge in [-0.25, -0.2) is 0 Å². The van der Waals surface area contributed by atoms with Gasteiger partial charge in [0.15, 0.2) is 8.07 Å². The summed E-state index contributed by atoms with van der Waals surface area (Å²) < 4.78 is 2.24. The fourth-order valence-corrected chi connectivity index (χ4v) is 12.2. The minimum absolute atomic E-state index is 0.523. The molecular weight excluding hydrogens is 599 g/mol. The first kappa shape index (κ1) is 29.0. The lowest BCUT2D eigenvalue weighted by atomic mass is 9.94. The van der Waals surface area contributed by atoms with Crippen molar-refractivity contribution in [1.29, 1.82) is 10.5 Å². The summed E-state index contributed by atoms with van der Waals surface area (Å²) in [5, 5.41) is 28.4. The highest BCUT2D eigenvalue weighted by Gasteiger charge is 2.41. The molecule has 0 spiro atoms. The van der Waals surface area contributed by atoms with Crippen LogP contribution in [0.2, 0.25) is 0 Å². The van der Waals surface area contributed by atoms with Gasteiger partial charge in [-0.2, -0.15) is 10.5 Å². The molecule has 0 saturated heterocycles. The Labute approximate surface area is 280 Å². The molecule has 8 aromatic rings. The van der Waals surface area contributed by atoms with Gasteiger partial charge in [-0.15, -0.1) is 0 Å². The molecule has 0 saturated carbocycles. The van der Waals surface area contributed by atoms with Gasteiger partial charge < -0.3 is 4.57 Å². The predicted molar refractivity (Wildman–Crippen MR) is 199 cm³/mol. The van der Waals surface area contributed by atoms with Crippen molar-refractivity contribution in [1.82, 2.24) is 4.57 Å². The summed E-state index contributed by atoms with van der Waals surface area (Å²) in [6.07, 6.45) is 0. The highest BCUT2D eigenvalue weighted by atomic mass is 28.3. The van der Waals surface area contributed by atoms with E-state index in [0.29, 0.717) is 11.1 Å². The highest BCUT2D eigenvalue weighted by Crippen LogP contribution is 2.38. The molecule has 48 heavy (non-hydrogen) atoms. The van der Waals surface area contributed by atoms with Gasteiger partial charge in [0, 0.05) is 21.9 Å². The van der Waals surface area contributed by atoms with E-state index >= 15 is 0 Å². The van der Waals surface area contributed by atoms with E-state index in [1.54, 1.807) is 0 Å². The fraction of sp³-hybridized carbons (Fsp3) is 0. The van der Waals surface area contributed by atoms with Crippen LogP contribution in [0.4, 0.5) is 0 Å². The Balaban J connectivity index is 1.50. The average Bonchev–Trinajstić information content (AvgIpc) is 3.50. The number of fused-ring (bicyclic) bond motifs is 3. The first-order chi connectivity index (χ1) is 23.8. The third-order valence-corrected chi connectivity index (χ3v) is 14.2. The Bertz CT molecular complexity index is 2370. The topological polar surface area (TPSA) is 52.5 Å². The maximum absolute atomic E-state index is 10.6. The van der Waals surface area contributed by atoms with Crippen molar-refractivity contribution in [3.63, 3.8) is 0 Å². The molecule has 224 valence electrons. The van der Waals surface area contributed by atoms with E-state index in [9.17, 15) is 10.5 Å². The molecule has 1 heterocycles. The van der Waals surface area contributed by atoms with E-state index in [0.717, 1.165) is 43.8 Å². The summed E-state index contributed by atoms with van der Waals surface area (Å²) in [4.78, 5) is 0. The Morgan fingerprint density at radius 1 is 0.417 bits per heavy atom. The summed E-state index contributed by atoms with van der Waals surface area (Å²) in [5.41, 5.74) is 5.52. The first-order valence-electron chi connectivity index (χ1n) is 16.0. The van der Waals surface area contributed by atoms with Gasteiger partial charge in [-0.05, 0) is 51.1 Å². The monoisotopic (exact) mass is 627 g/mol. The summed E-state index contributed by atoms with van der Waals surface area (Å²) in [7, 11) is -2.90.